The fourth-order valence-electron chi connectivity index (χ4n) is 0.996. The van der Waals surface area contributed by atoms with Crippen LogP contribution in [0.25, 0.3) is 0 Å². The van der Waals surface area contributed by atoms with Crippen LogP contribution in [0.1, 0.15) is 12.7 Å². The predicted octanol–water partition coefficient (Wildman–Crippen LogP) is 0.813. The van der Waals surface area contributed by atoms with Crippen LogP contribution in [-0.4, -0.2) is 23.4 Å². The molecule has 0 radical (unpaired) electrons. The minimum absolute atomic E-state index is 0.0375. The molecule has 68 valence electrons. The Morgan fingerprint density at radius 3 is 2.50 bits per heavy atom. The van der Waals surface area contributed by atoms with Crippen molar-refractivity contribution >= 4 is 0 Å². The molecule has 1 rings (SSSR count). The minimum Gasteiger partial charge on any atom is -0.469 e. The fourth-order valence-corrected chi connectivity index (χ4v) is 0.996. The highest BCUT2D eigenvalue weighted by molar-refractivity contribution is 5.01. The molecule has 0 saturated carbocycles. The largest absolute Gasteiger partial charge is 0.469 e. The molecule has 3 nitrogen and oxygen atoms in total. The molecule has 0 amide bonds. The number of hydrogen-bond acceptors (Lipinski definition) is 3. The highest BCUT2D eigenvalue weighted by Crippen LogP contribution is 2.21. The number of aliphatic hydroxyl groups is 2. The van der Waals surface area contributed by atoms with Gasteiger partial charge in [0.1, 0.15) is 5.76 Å². The SMILES string of the molecule is CC(CO)(CO)Cc1ccco1. The van der Waals surface area contributed by atoms with Gasteiger partial charge in [-0.3, -0.25) is 0 Å². The van der Waals surface area contributed by atoms with Crippen molar-refractivity contribution in [1.82, 2.24) is 0 Å². The zero-order valence-electron chi connectivity index (χ0n) is 7.16. The van der Waals surface area contributed by atoms with Crippen LogP contribution in [0.5, 0.6) is 0 Å². The van der Waals surface area contributed by atoms with Crippen molar-refractivity contribution in [2.75, 3.05) is 13.2 Å². The van der Waals surface area contributed by atoms with E-state index in [1.54, 1.807) is 12.3 Å². The molecule has 0 unspecified atom stereocenters. The molecule has 0 spiro atoms. The van der Waals surface area contributed by atoms with Crippen LogP contribution in [0.3, 0.4) is 0 Å². The number of furan rings is 1. The molecule has 1 heterocycles. The van der Waals surface area contributed by atoms with E-state index < -0.39 is 5.41 Å². The molecule has 12 heavy (non-hydrogen) atoms. The van der Waals surface area contributed by atoms with E-state index in [4.69, 9.17) is 14.6 Å². The van der Waals surface area contributed by atoms with E-state index in [2.05, 4.69) is 0 Å². The second-order valence-corrected chi connectivity index (χ2v) is 3.38. The van der Waals surface area contributed by atoms with Gasteiger partial charge < -0.3 is 14.6 Å². The monoisotopic (exact) mass is 170 g/mol. The molecule has 0 fully saturated rings. The molecule has 0 saturated heterocycles. The summed E-state index contributed by atoms with van der Waals surface area (Å²) in [6.07, 6.45) is 2.15. The van der Waals surface area contributed by atoms with E-state index in [1.807, 2.05) is 13.0 Å². The summed E-state index contributed by atoms with van der Waals surface area (Å²) in [5.41, 5.74) is -0.474. The Balaban J connectivity index is 2.60. The third-order valence-corrected chi connectivity index (χ3v) is 1.94. The summed E-state index contributed by atoms with van der Waals surface area (Å²) in [5.74, 6) is 0.792. The van der Waals surface area contributed by atoms with Crippen LogP contribution in [0.15, 0.2) is 22.8 Å². The summed E-state index contributed by atoms with van der Waals surface area (Å²) in [5, 5.41) is 18.0. The summed E-state index contributed by atoms with van der Waals surface area (Å²) in [6, 6.07) is 3.63. The lowest BCUT2D eigenvalue weighted by Crippen LogP contribution is -2.28. The first-order chi connectivity index (χ1) is 5.70. The molecule has 1 aromatic rings. The quantitative estimate of drug-likeness (QED) is 0.703. The fraction of sp³-hybridized carbons (Fsp3) is 0.556. The molecular weight excluding hydrogens is 156 g/mol. The second-order valence-electron chi connectivity index (χ2n) is 3.38. The van der Waals surface area contributed by atoms with E-state index in [1.165, 1.54) is 0 Å². The van der Waals surface area contributed by atoms with Gasteiger partial charge in [-0.05, 0) is 12.1 Å². The number of aliphatic hydroxyl groups excluding tert-OH is 2. The summed E-state index contributed by atoms with van der Waals surface area (Å²) in [4.78, 5) is 0. The highest BCUT2D eigenvalue weighted by Gasteiger charge is 2.23. The Morgan fingerprint density at radius 1 is 1.42 bits per heavy atom. The number of hydrogen-bond donors (Lipinski definition) is 2. The first-order valence-corrected chi connectivity index (χ1v) is 3.94. The number of rotatable bonds is 4. The average molecular weight is 170 g/mol. The Labute approximate surface area is 71.6 Å². The zero-order valence-corrected chi connectivity index (χ0v) is 7.16. The Morgan fingerprint density at radius 2 is 2.08 bits per heavy atom. The first kappa shape index (κ1) is 9.29. The van der Waals surface area contributed by atoms with Crippen molar-refractivity contribution in [3.8, 4) is 0 Å². The average Bonchev–Trinajstić information content (AvgIpc) is 2.57. The molecular formula is C9H14O3. The molecule has 0 aliphatic rings. The summed E-state index contributed by atoms with van der Waals surface area (Å²) >= 11 is 0. The Kier molecular flexibility index (Phi) is 2.89. The molecule has 0 aromatic carbocycles. The summed E-state index contributed by atoms with van der Waals surface area (Å²) < 4.78 is 5.11. The van der Waals surface area contributed by atoms with Crippen molar-refractivity contribution in [2.24, 2.45) is 5.41 Å². The van der Waals surface area contributed by atoms with Crippen molar-refractivity contribution < 1.29 is 14.6 Å². The molecule has 1 aromatic heterocycles. The lowest BCUT2D eigenvalue weighted by atomic mass is 9.88. The van der Waals surface area contributed by atoms with Gasteiger partial charge in [0.25, 0.3) is 0 Å². The molecule has 3 heteroatoms. The van der Waals surface area contributed by atoms with E-state index in [9.17, 15) is 0 Å². The van der Waals surface area contributed by atoms with Gasteiger partial charge in [-0.1, -0.05) is 6.92 Å². The lowest BCUT2D eigenvalue weighted by Gasteiger charge is -2.22. The van der Waals surface area contributed by atoms with Gasteiger partial charge in [0.2, 0.25) is 0 Å². The third-order valence-electron chi connectivity index (χ3n) is 1.94. The zero-order chi connectivity index (χ0) is 9.03. The highest BCUT2D eigenvalue weighted by atomic mass is 16.3. The van der Waals surface area contributed by atoms with E-state index in [-0.39, 0.29) is 13.2 Å². The van der Waals surface area contributed by atoms with Gasteiger partial charge in [-0.25, -0.2) is 0 Å². The van der Waals surface area contributed by atoms with Gasteiger partial charge in [0.05, 0.1) is 19.5 Å². The van der Waals surface area contributed by atoms with Crippen molar-refractivity contribution in [2.45, 2.75) is 13.3 Å². The van der Waals surface area contributed by atoms with E-state index >= 15 is 0 Å². The topological polar surface area (TPSA) is 53.6 Å². The molecule has 2 N–H and O–H groups in total. The molecule has 0 atom stereocenters. The minimum atomic E-state index is -0.474. The van der Waals surface area contributed by atoms with Crippen LogP contribution >= 0.6 is 0 Å². The second kappa shape index (κ2) is 3.74. The van der Waals surface area contributed by atoms with Crippen LogP contribution in [0, 0.1) is 5.41 Å². The summed E-state index contributed by atoms with van der Waals surface area (Å²) in [7, 11) is 0. The molecule has 0 aliphatic heterocycles. The van der Waals surface area contributed by atoms with Crippen molar-refractivity contribution in [1.29, 1.82) is 0 Å². The van der Waals surface area contributed by atoms with Crippen molar-refractivity contribution in [3.63, 3.8) is 0 Å². The smallest absolute Gasteiger partial charge is 0.104 e. The van der Waals surface area contributed by atoms with Gasteiger partial charge in [0, 0.05) is 11.8 Å². The van der Waals surface area contributed by atoms with E-state index in [0.717, 1.165) is 5.76 Å². The maximum Gasteiger partial charge on any atom is 0.104 e. The standard InChI is InChI=1S/C9H14O3/c1-9(6-10,7-11)5-8-3-2-4-12-8/h2-4,10-11H,5-7H2,1H3. The maximum absolute atomic E-state index is 8.98. The predicted molar refractivity (Wildman–Crippen MR) is 44.7 cm³/mol. The lowest BCUT2D eigenvalue weighted by molar-refractivity contribution is 0.0660. The van der Waals surface area contributed by atoms with Crippen molar-refractivity contribution in [3.05, 3.63) is 24.2 Å². The van der Waals surface area contributed by atoms with Crippen LogP contribution in [0.4, 0.5) is 0 Å². The maximum atomic E-state index is 8.98. The normalized spacial score (nSPS) is 11.9. The van der Waals surface area contributed by atoms with Gasteiger partial charge in [0.15, 0.2) is 0 Å². The van der Waals surface area contributed by atoms with Crippen LogP contribution in [0.2, 0.25) is 0 Å². The van der Waals surface area contributed by atoms with Gasteiger partial charge >= 0.3 is 0 Å². The summed E-state index contributed by atoms with van der Waals surface area (Å²) in [6.45, 7) is 1.74. The van der Waals surface area contributed by atoms with Crippen LogP contribution < -0.4 is 0 Å². The van der Waals surface area contributed by atoms with Crippen LogP contribution in [-0.2, 0) is 6.42 Å². The Hall–Kier alpha value is -0.800. The molecule has 0 bridgehead atoms. The molecule has 0 aliphatic carbocycles. The first-order valence-electron chi connectivity index (χ1n) is 3.94. The third kappa shape index (κ3) is 2.09. The van der Waals surface area contributed by atoms with Gasteiger partial charge in [-0.15, -0.1) is 0 Å². The Bertz CT molecular complexity index is 212. The van der Waals surface area contributed by atoms with Gasteiger partial charge in [-0.2, -0.15) is 0 Å². The van der Waals surface area contributed by atoms with E-state index in [0.29, 0.717) is 6.42 Å².